The SMILES string of the molecule is [2H]C([2H])([2H])C([2H])(O)[C@@]1([2H])CC[C@H]2[C@@H]3CC=C4C[C@H](OS(=O)(=O)[O-])CC[C@]4(C)[C@H]3CC[C@@]21C.[Na+]. The van der Waals surface area contributed by atoms with Crippen LogP contribution in [0.25, 0.3) is 0 Å². The number of allylic oxidation sites excluding steroid dienone is 1. The minimum Gasteiger partial charge on any atom is -0.726 e. The first-order chi connectivity index (χ1) is 14.5. The molecule has 0 radical (unpaired) electrons. The molecule has 28 heavy (non-hydrogen) atoms. The molecule has 3 saturated carbocycles. The molecule has 0 aromatic carbocycles. The fourth-order valence-corrected chi connectivity index (χ4v) is 7.58. The van der Waals surface area contributed by atoms with Crippen molar-refractivity contribution in [2.45, 2.75) is 84.2 Å². The molecule has 7 heteroatoms. The zero-order chi connectivity index (χ0) is 24.0. The molecule has 0 bridgehead atoms. The molecule has 4 aliphatic carbocycles. The molecule has 0 amide bonds. The minimum atomic E-state index is -4.75. The third kappa shape index (κ3) is 3.80. The smallest absolute Gasteiger partial charge is 0.726 e. The minimum absolute atomic E-state index is 0. The maximum Gasteiger partial charge on any atom is 1.00 e. The summed E-state index contributed by atoms with van der Waals surface area (Å²) in [4.78, 5) is 0. The van der Waals surface area contributed by atoms with Gasteiger partial charge in [-0.2, -0.15) is 0 Å². The van der Waals surface area contributed by atoms with Gasteiger partial charge in [0.1, 0.15) is 0 Å². The molecule has 0 heterocycles. The van der Waals surface area contributed by atoms with Crippen LogP contribution in [0, 0.1) is 34.5 Å². The molecule has 0 spiro atoms. The first-order valence-electron chi connectivity index (χ1n) is 12.5. The fraction of sp³-hybridized carbons (Fsp3) is 0.905. The molecular formula is C21H33NaO5S. The maximum atomic E-state index is 11.0. The second-order valence-corrected chi connectivity index (χ2v) is 10.5. The molecule has 3 fully saturated rings. The maximum absolute atomic E-state index is 11.0. The van der Waals surface area contributed by atoms with Crippen molar-refractivity contribution in [1.29, 1.82) is 0 Å². The van der Waals surface area contributed by atoms with E-state index in [9.17, 15) is 18.1 Å². The summed E-state index contributed by atoms with van der Waals surface area (Å²) < 4.78 is 78.5. The Balaban J connectivity index is 0.00000306. The second-order valence-electron chi connectivity index (χ2n) is 9.45. The van der Waals surface area contributed by atoms with Crippen molar-refractivity contribution in [1.82, 2.24) is 0 Å². The van der Waals surface area contributed by atoms with Crippen LogP contribution in [0.4, 0.5) is 0 Å². The molecule has 4 aliphatic rings. The number of hydrogen-bond donors (Lipinski definition) is 1. The van der Waals surface area contributed by atoms with E-state index in [1.165, 1.54) is 0 Å². The average Bonchev–Trinajstić information content (AvgIpc) is 2.93. The average molecular weight is 426 g/mol. The van der Waals surface area contributed by atoms with Crippen molar-refractivity contribution >= 4 is 10.4 Å². The quantitative estimate of drug-likeness (QED) is 0.313. The van der Waals surface area contributed by atoms with E-state index in [0.29, 0.717) is 38.0 Å². The van der Waals surface area contributed by atoms with Gasteiger partial charge in [-0.3, -0.25) is 4.18 Å². The first-order valence-corrected chi connectivity index (χ1v) is 11.4. The van der Waals surface area contributed by atoms with Gasteiger partial charge in [-0.15, -0.1) is 0 Å². The Morgan fingerprint density at radius 1 is 1.32 bits per heavy atom. The second kappa shape index (κ2) is 7.92. The van der Waals surface area contributed by atoms with Crippen LogP contribution in [0.15, 0.2) is 11.6 Å². The van der Waals surface area contributed by atoms with Gasteiger partial charge < -0.3 is 9.66 Å². The zero-order valence-corrected chi connectivity index (χ0v) is 19.8. The summed E-state index contributed by atoms with van der Waals surface area (Å²) in [6, 6.07) is 0. The largest absolute Gasteiger partial charge is 1.00 e. The van der Waals surface area contributed by atoms with Gasteiger partial charge in [0.2, 0.25) is 10.4 Å². The van der Waals surface area contributed by atoms with Gasteiger partial charge in [0.25, 0.3) is 0 Å². The van der Waals surface area contributed by atoms with Gasteiger partial charge in [-0.1, -0.05) is 25.5 Å². The van der Waals surface area contributed by atoms with Crippen LogP contribution < -0.4 is 29.6 Å². The van der Waals surface area contributed by atoms with E-state index in [-0.39, 0.29) is 53.2 Å². The molecular weight excluding hydrogens is 387 g/mol. The molecule has 1 N–H and O–H groups in total. The van der Waals surface area contributed by atoms with E-state index in [4.69, 9.17) is 11.0 Å². The van der Waals surface area contributed by atoms with Crippen molar-refractivity contribution in [2.24, 2.45) is 34.5 Å². The number of rotatable bonds is 3. The predicted octanol–water partition coefficient (Wildman–Crippen LogP) is 0.796. The van der Waals surface area contributed by atoms with Gasteiger partial charge in [-0.05, 0) is 92.7 Å². The normalized spacial score (nSPS) is 53.3. The number of hydrogen-bond acceptors (Lipinski definition) is 5. The van der Waals surface area contributed by atoms with Crippen LogP contribution in [0.1, 0.15) is 78.9 Å². The van der Waals surface area contributed by atoms with E-state index in [1.54, 1.807) is 0 Å². The Kier molecular flexibility index (Phi) is 4.86. The first kappa shape index (κ1) is 17.2. The Bertz CT molecular complexity index is 924. The molecule has 154 valence electrons. The van der Waals surface area contributed by atoms with Gasteiger partial charge in [0, 0.05) is 5.48 Å². The van der Waals surface area contributed by atoms with Gasteiger partial charge in [0.05, 0.1) is 13.6 Å². The predicted molar refractivity (Wildman–Crippen MR) is 101 cm³/mol. The van der Waals surface area contributed by atoms with E-state index in [1.807, 2.05) is 6.92 Å². The van der Waals surface area contributed by atoms with Crippen LogP contribution in [-0.4, -0.2) is 30.3 Å². The Hall–Kier alpha value is 0.570. The summed E-state index contributed by atoms with van der Waals surface area (Å²) >= 11 is 0. The van der Waals surface area contributed by atoms with Crippen LogP contribution in [-0.2, 0) is 14.6 Å². The Morgan fingerprint density at radius 2 is 2.07 bits per heavy atom. The zero-order valence-electron chi connectivity index (χ0n) is 22.0. The molecule has 5 nitrogen and oxygen atoms in total. The number of fused-ring (bicyclic) bond motifs is 5. The van der Waals surface area contributed by atoms with E-state index >= 15 is 0 Å². The Labute approximate surface area is 199 Å². The van der Waals surface area contributed by atoms with Crippen LogP contribution in [0.2, 0.25) is 0 Å². The summed E-state index contributed by atoms with van der Waals surface area (Å²) in [5.74, 6) is -1.24. The molecule has 0 saturated heterocycles. The van der Waals surface area contributed by atoms with Crippen LogP contribution in [0.5, 0.6) is 0 Å². The molecule has 0 aliphatic heterocycles. The molecule has 8 atom stereocenters. The monoisotopic (exact) mass is 425 g/mol. The molecule has 0 aromatic heterocycles. The summed E-state index contributed by atoms with van der Waals surface area (Å²) in [7, 11) is -4.75. The van der Waals surface area contributed by atoms with Crippen molar-refractivity contribution in [3.8, 4) is 0 Å². The fourth-order valence-electron chi connectivity index (χ4n) is 7.08. The summed E-state index contributed by atoms with van der Waals surface area (Å²) in [6.07, 6.45) is 3.10. The van der Waals surface area contributed by atoms with Crippen LogP contribution >= 0.6 is 0 Å². The third-order valence-electron chi connectivity index (χ3n) is 8.38. The molecule has 1 unspecified atom stereocenters. The van der Waals surface area contributed by atoms with Crippen molar-refractivity contribution in [3.05, 3.63) is 11.6 Å². The summed E-state index contributed by atoms with van der Waals surface area (Å²) in [5.41, 5.74) is 0.181. The van der Waals surface area contributed by atoms with Crippen molar-refractivity contribution < 1.29 is 58.7 Å². The van der Waals surface area contributed by atoms with E-state index in [0.717, 1.165) is 18.4 Å². The molecule has 4 rings (SSSR count). The standard InChI is InChI=1S/C21H34O5S.Na/c1-13(22)17-6-7-18-16-5-4-14-12-15(26-27(23,24)25)8-10-20(14,2)19(16)9-11-21(17,18)3;/h4,13,15-19,22H,5-12H2,1-3H3,(H,23,24,25);/q;+1/p-1/t13?,15-,16+,17-,18+,19+,20+,21-;/m1./s1/i1D3,13D,17D;. The van der Waals surface area contributed by atoms with Crippen molar-refractivity contribution in [3.63, 3.8) is 0 Å². The van der Waals surface area contributed by atoms with Gasteiger partial charge in [0.15, 0.2) is 0 Å². The summed E-state index contributed by atoms with van der Waals surface area (Å²) in [5, 5.41) is 10.8. The van der Waals surface area contributed by atoms with Crippen LogP contribution in [0.3, 0.4) is 0 Å². The van der Waals surface area contributed by atoms with Crippen molar-refractivity contribution in [2.75, 3.05) is 0 Å². The summed E-state index contributed by atoms with van der Waals surface area (Å²) in [6.45, 7) is 1.12. The Morgan fingerprint density at radius 3 is 2.75 bits per heavy atom. The third-order valence-corrected chi connectivity index (χ3v) is 8.89. The number of aliphatic hydroxyl groups is 1. The molecule has 0 aromatic rings. The van der Waals surface area contributed by atoms with Gasteiger partial charge >= 0.3 is 29.6 Å². The topological polar surface area (TPSA) is 86.7 Å². The van der Waals surface area contributed by atoms with E-state index in [2.05, 4.69) is 13.0 Å². The van der Waals surface area contributed by atoms with E-state index < -0.39 is 40.7 Å². The van der Waals surface area contributed by atoms with Gasteiger partial charge in [-0.25, -0.2) is 8.42 Å².